The predicted octanol–water partition coefficient (Wildman–Crippen LogP) is 0.654. The molecule has 1 aliphatic heterocycles. The van der Waals surface area contributed by atoms with Crippen molar-refractivity contribution in [1.29, 1.82) is 0 Å². The summed E-state index contributed by atoms with van der Waals surface area (Å²) in [5.41, 5.74) is 1.54. The van der Waals surface area contributed by atoms with E-state index in [2.05, 4.69) is 32.2 Å². The molecule has 0 bridgehead atoms. The van der Waals surface area contributed by atoms with Gasteiger partial charge in [0.25, 0.3) is 0 Å². The zero-order chi connectivity index (χ0) is 12.6. The first-order chi connectivity index (χ1) is 7.38. The quantitative estimate of drug-likeness (QED) is 0.742. The van der Waals surface area contributed by atoms with Crippen LogP contribution in [0, 0.1) is 0 Å². The van der Waals surface area contributed by atoms with Crippen LogP contribution in [0.4, 0.5) is 0 Å². The van der Waals surface area contributed by atoms with Gasteiger partial charge in [-0.15, -0.1) is 0 Å². The molecule has 0 saturated heterocycles. The van der Waals surface area contributed by atoms with E-state index in [1.54, 1.807) is 10.6 Å². The van der Waals surface area contributed by atoms with Gasteiger partial charge in [-0.2, -0.15) is 0 Å². The summed E-state index contributed by atoms with van der Waals surface area (Å²) in [5, 5.41) is 0. The van der Waals surface area contributed by atoms with Crippen molar-refractivity contribution in [2.24, 2.45) is 0 Å². The Kier molecular flexibility index (Phi) is 7.29. The molecule has 0 amide bonds. The molecule has 1 aliphatic rings. The molecule has 1 N–H and O–H groups in total. The molecule has 16 heavy (non-hydrogen) atoms. The average molecular weight is 247 g/mol. The Morgan fingerprint density at radius 1 is 1.38 bits per heavy atom. The standard InChI is InChI=1S/C10H17N.CH4O3S/c1-3-5-8-11-9-6-7-10(11)4-2;1-5(2,3)4/h6-7,9H,3-5,8H2,1-2H3;1H3,(H,2,3,4). The van der Waals surface area contributed by atoms with E-state index in [1.165, 1.54) is 25.8 Å². The van der Waals surface area contributed by atoms with Crippen molar-refractivity contribution in [3.8, 4) is 0 Å². The van der Waals surface area contributed by atoms with Gasteiger partial charge in [0.15, 0.2) is 0 Å². The van der Waals surface area contributed by atoms with Crippen LogP contribution in [0.15, 0.2) is 24.0 Å². The summed E-state index contributed by atoms with van der Waals surface area (Å²) in [6.07, 6.45) is 11.1. The number of unbranched alkanes of at least 4 members (excludes halogenated alkanes) is 1. The van der Waals surface area contributed by atoms with Crippen molar-refractivity contribution in [2.45, 2.75) is 33.1 Å². The molecule has 0 fully saturated rings. The highest BCUT2D eigenvalue weighted by atomic mass is 32.2. The minimum atomic E-state index is -3.92. The second-order valence-corrected chi connectivity index (χ2v) is 5.15. The van der Waals surface area contributed by atoms with Gasteiger partial charge in [-0.25, -0.2) is 8.42 Å². The Balaban J connectivity index is 0.000000385. The minimum absolute atomic E-state index is 0.604. The number of rotatable bonds is 4. The van der Waals surface area contributed by atoms with Crippen molar-refractivity contribution < 1.29 is 17.9 Å². The Hall–Kier alpha value is -0.650. The molecule has 0 aliphatic carbocycles. The van der Waals surface area contributed by atoms with Crippen molar-refractivity contribution in [2.75, 3.05) is 12.8 Å². The van der Waals surface area contributed by atoms with Crippen LogP contribution in [0.5, 0.6) is 0 Å². The van der Waals surface area contributed by atoms with E-state index in [-0.39, 0.29) is 0 Å². The highest BCUT2D eigenvalue weighted by molar-refractivity contribution is 7.84. The molecule has 1 heterocycles. The lowest BCUT2D eigenvalue weighted by Crippen LogP contribution is -3.04. The SMILES string of the molecule is CCCC[NH+]1C=CC=C1CC.CS(=O)(=O)[O-]. The maximum atomic E-state index is 9.08. The average Bonchev–Trinajstić information content (AvgIpc) is 2.59. The molecule has 0 aromatic rings. The first-order valence-corrected chi connectivity index (χ1v) is 7.34. The van der Waals surface area contributed by atoms with Crippen LogP contribution in [0.25, 0.3) is 0 Å². The summed E-state index contributed by atoms with van der Waals surface area (Å²) in [5.74, 6) is 0. The molecule has 0 saturated carbocycles. The first kappa shape index (κ1) is 15.3. The Bertz CT molecular complexity index is 336. The van der Waals surface area contributed by atoms with Gasteiger partial charge in [-0.1, -0.05) is 20.3 Å². The van der Waals surface area contributed by atoms with Gasteiger partial charge in [0.2, 0.25) is 0 Å². The lowest BCUT2D eigenvalue weighted by molar-refractivity contribution is -0.804. The van der Waals surface area contributed by atoms with Gasteiger partial charge in [0.1, 0.15) is 5.70 Å². The molecule has 0 radical (unpaired) electrons. The molecule has 1 atom stereocenters. The molecule has 0 aromatic heterocycles. The third-order valence-corrected chi connectivity index (χ3v) is 2.19. The van der Waals surface area contributed by atoms with Crippen LogP contribution in [-0.2, 0) is 10.1 Å². The van der Waals surface area contributed by atoms with E-state index in [4.69, 9.17) is 13.0 Å². The summed E-state index contributed by atoms with van der Waals surface area (Å²) >= 11 is 0. The van der Waals surface area contributed by atoms with Gasteiger partial charge in [0.05, 0.1) is 22.9 Å². The maximum Gasteiger partial charge on any atom is 0.112 e. The van der Waals surface area contributed by atoms with Gasteiger partial charge in [0, 0.05) is 18.8 Å². The second-order valence-electron chi connectivity index (χ2n) is 3.74. The van der Waals surface area contributed by atoms with E-state index >= 15 is 0 Å². The molecule has 4 nitrogen and oxygen atoms in total. The van der Waals surface area contributed by atoms with Gasteiger partial charge in [-0.3, -0.25) is 4.90 Å². The van der Waals surface area contributed by atoms with Crippen LogP contribution in [0.1, 0.15) is 33.1 Å². The number of hydrogen-bond donors (Lipinski definition) is 1. The summed E-state index contributed by atoms with van der Waals surface area (Å²) in [6, 6.07) is 0. The Morgan fingerprint density at radius 2 is 1.94 bits per heavy atom. The lowest BCUT2D eigenvalue weighted by Gasteiger charge is -2.11. The summed E-state index contributed by atoms with van der Waals surface area (Å²) in [6.45, 7) is 5.74. The summed E-state index contributed by atoms with van der Waals surface area (Å²) in [4.78, 5) is 1.56. The largest absolute Gasteiger partial charge is 0.748 e. The first-order valence-electron chi connectivity index (χ1n) is 5.52. The van der Waals surface area contributed by atoms with Crippen LogP contribution in [0.2, 0.25) is 0 Å². The minimum Gasteiger partial charge on any atom is -0.748 e. The monoisotopic (exact) mass is 247 g/mol. The Morgan fingerprint density at radius 3 is 2.38 bits per heavy atom. The van der Waals surface area contributed by atoms with E-state index in [0.717, 1.165) is 0 Å². The number of hydrogen-bond acceptors (Lipinski definition) is 3. The lowest BCUT2D eigenvalue weighted by atomic mass is 10.3. The topological polar surface area (TPSA) is 61.6 Å². The molecule has 94 valence electrons. The Labute approximate surface area is 98.4 Å². The predicted molar refractivity (Wildman–Crippen MR) is 63.9 cm³/mol. The molecule has 1 rings (SSSR count). The molecular weight excluding hydrogens is 226 g/mol. The third kappa shape index (κ3) is 8.64. The number of nitrogens with one attached hydrogen (secondary N) is 1. The van der Waals surface area contributed by atoms with E-state index in [1.807, 2.05) is 0 Å². The zero-order valence-electron chi connectivity index (χ0n) is 10.2. The highest BCUT2D eigenvalue weighted by Gasteiger charge is 2.12. The third-order valence-electron chi connectivity index (χ3n) is 2.19. The van der Waals surface area contributed by atoms with Crippen LogP contribution >= 0.6 is 0 Å². The van der Waals surface area contributed by atoms with Crippen molar-refractivity contribution in [3.63, 3.8) is 0 Å². The summed E-state index contributed by atoms with van der Waals surface area (Å²) in [7, 11) is -3.92. The van der Waals surface area contributed by atoms with Crippen molar-refractivity contribution in [1.82, 2.24) is 0 Å². The fourth-order valence-corrected chi connectivity index (χ4v) is 1.45. The molecular formula is C11H21NO3S. The number of quaternary nitrogens is 1. The molecule has 0 aromatic carbocycles. The fraction of sp³-hybridized carbons (Fsp3) is 0.636. The normalized spacial score (nSPS) is 19.0. The van der Waals surface area contributed by atoms with Crippen LogP contribution in [-0.4, -0.2) is 25.8 Å². The maximum absolute atomic E-state index is 9.08. The molecule has 1 unspecified atom stereocenters. The van der Waals surface area contributed by atoms with Crippen molar-refractivity contribution in [3.05, 3.63) is 24.0 Å². The van der Waals surface area contributed by atoms with Gasteiger partial charge in [-0.05, 0) is 12.5 Å². The van der Waals surface area contributed by atoms with Crippen LogP contribution < -0.4 is 4.90 Å². The van der Waals surface area contributed by atoms with E-state index in [0.29, 0.717) is 6.26 Å². The smallest absolute Gasteiger partial charge is 0.112 e. The highest BCUT2D eigenvalue weighted by Crippen LogP contribution is 1.96. The summed E-state index contributed by atoms with van der Waals surface area (Å²) < 4.78 is 27.2. The fourth-order valence-electron chi connectivity index (χ4n) is 1.45. The van der Waals surface area contributed by atoms with Gasteiger partial charge >= 0.3 is 0 Å². The second kappa shape index (κ2) is 7.60. The van der Waals surface area contributed by atoms with Crippen molar-refractivity contribution >= 4 is 10.1 Å². The molecule has 5 heteroatoms. The van der Waals surface area contributed by atoms with Crippen LogP contribution in [0.3, 0.4) is 0 Å². The molecule has 0 spiro atoms. The van der Waals surface area contributed by atoms with E-state index < -0.39 is 10.1 Å². The number of allylic oxidation sites excluding steroid dienone is 3. The van der Waals surface area contributed by atoms with Gasteiger partial charge < -0.3 is 4.55 Å². The zero-order valence-corrected chi connectivity index (χ0v) is 11.0. The van der Waals surface area contributed by atoms with E-state index in [9.17, 15) is 0 Å².